The average Bonchev–Trinajstić information content (AvgIpc) is 2.12. The highest BCUT2D eigenvalue weighted by Gasteiger charge is 2.88. The Morgan fingerprint density at radius 1 is 0.733 bits per heavy atom. The molecule has 1 heteroatoms. The van der Waals surface area contributed by atoms with Crippen LogP contribution < -0.4 is 0 Å². The second kappa shape index (κ2) is 1.83. The second-order valence-corrected chi connectivity index (χ2v) is 8.20. The van der Waals surface area contributed by atoms with E-state index in [9.17, 15) is 0 Å². The highest BCUT2D eigenvalue weighted by atomic mass is 32.1. The molecule has 0 aromatic rings. The molecule has 0 N–H and O–H groups in total. The number of hydrogen-bond acceptors (Lipinski definition) is 1. The predicted octanol–water partition coefficient (Wildman–Crippen LogP) is 2.84. The van der Waals surface area contributed by atoms with Crippen molar-refractivity contribution in [2.45, 2.75) is 30.4 Å². The van der Waals surface area contributed by atoms with Gasteiger partial charge in [0.25, 0.3) is 0 Å². The molecule has 10 unspecified atom stereocenters. The Morgan fingerprint density at radius 2 is 1.47 bits per heavy atom. The molecule has 80 valence electrons. The lowest BCUT2D eigenvalue weighted by Crippen LogP contribution is -2.90. The molecule has 0 radical (unpaired) electrons. The zero-order chi connectivity index (χ0) is 9.52. The molecular weight excluding hydrogens is 200 g/mol. The maximum Gasteiger partial charge on any atom is 0.0228 e. The van der Waals surface area contributed by atoms with Crippen LogP contribution in [0.2, 0.25) is 0 Å². The molecule has 6 aliphatic rings. The summed E-state index contributed by atoms with van der Waals surface area (Å²) in [5.41, 5.74) is 0. The van der Waals surface area contributed by atoms with Crippen molar-refractivity contribution in [2.75, 3.05) is 0 Å². The van der Waals surface area contributed by atoms with Crippen LogP contribution in [-0.2, 0) is 0 Å². The van der Waals surface area contributed by atoms with E-state index in [-0.39, 0.29) is 0 Å². The first-order valence-corrected chi connectivity index (χ1v) is 7.50. The Balaban J connectivity index is 1.43. The Bertz CT molecular complexity index is 391. The van der Waals surface area contributed by atoms with Crippen molar-refractivity contribution < 1.29 is 0 Å². The van der Waals surface area contributed by atoms with Crippen LogP contribution in [0, 0.1) is 53.3 Å². The van der Waals surface area contributed by atoms with Gasteiger partial charge in [0.1, 0.15) is 0 Å². The fourth-order valence-corrected chi connectivity index (χ4v) is 8.38. The third kappa shape index (κ3) is 0.468. The molecule has 6 saturated carbocycles. The van der Waals surface area contributed by atoms with Gasteiger partial charge in [-0.25, -0.2) is 0 Å². The number of fused-ring (bicyclic) bond motifs is 13. The monoisotopic (exact) mass is 218 g/mol. The SMILES string of the molecule is SC12C3CCC3C1C1C3C4CCC4C3C12. The van der Waals surface area contributed by atoms with Crippen molar-refractivity contribution in [3.8, 4) is 0 Å². The van der Waals surface area contributed by atoms with E-state index >= 15 is 0 Å². The van der Waals surface area contributed by atoms with Gasteiger partial charge >= 0.3 is 0 Å². The molecule has 15 heavy (non-hydrogen) atoms. The number of rotatable bonds is 0. The number of hydrogen-bond donors (Lipinski definition) is 1. The fraction of sp³-hybridized carbons (Fsp3) is 1.00. The first-order valence-electron chi connectivity index (χ1n) is 7.06. The molecule has 6 rings (SSSR count). The Morgan fingerprint density at radius 3 is 2.13 bits per heavy atom. The van der Waals surface area contributed by atoms with Crippen molar-refractivity contribution >= 4 is 12.6 Å². The molecule has 0 aromatic heterocycles. The van der Waals surface area contributed by atoms with E-state index in [2.05, 4.69) is 0 Å². The van der Waals surface area contributed by atoms with Crippen molar-refractivity contribution in [3.63, 3.8) is 0 Å². The summed E-state index contributed by atoms with van der Waals surface area (Å²) in [5.74, 6) is 10.5. The lowest BCUT2D eigenvalue weighted by atomic mass is 9.16. The van der Waals surface area contributed by atoms with Gasteiger partial charge in [-0.15, -0.1) is 0 Å². The minimum Gasteiger partial charge on any atom is -0.172 e. The highest BCUT2D eigenvalue weighted by Crippen LogP contribution is 2.90. The topological polar surface area (TPSA) is 0 Å². The van der Waals surface area contributed by atoms with Crippen molar-refractivity contribution in [3.05, 3.63) is 0 Å². The van der Waals surface area contributed by atoms with Crippen LogP contribution in [0.4, 0.5) is 0 Å². The van der Waals surface area contributed by atoms with E-state index in [1.807, 2.05) is 0 Å². The number of thiol groups is 1. The van der Waals surface area contributed by atoms with E-state index in [4.69, 9.17) is 12.6 Å². The van der Waals surface area contributed by atoms with Gasteiger partial charge in [0.05, 0.1) is 0 Å². The minimum absolute atomic E-state index is 0.593. The summed E-state index contributed by atoms with van der Waals surface area (Å²) >= 11 is 5.16. The maximum absolute atomic E-state index is 5.16. The van der Waals surface area contributed by atoms with Crippen LogP contribution in [0.1, 0.15) is 25.7 Å². The quantitative estimate of drug-likeness (QED) is 0.469. The zero-order valence-corrected chi connectivity index (χ0v) is 9.87. The summed E-state index contributed by atoms with van der Waals surface area (Å²) in [6.07, 6.45) is 6.26. The van der Waals surface area contributed by atoms with Crippen LogP contribution in [0.3, 0.4) is 0 Å². The van der Waals surface area contributed by atoms with Crippen LogP contribution >= 0.6 is 12.6 Å². The van der Waals surface area contributed by atoms with Crippen LogP contribution in [0.15, 0.2) is 0 Å². The molecule has 0 aromatic carbocycles. The van der Waals surface area contributed by atoms with Gasteiger partial charge in [-0.05, 0) is 78.9 Å². The van der Waals surface area contributed by atoms with Crippen molar-refractivity contribution in [1.82, 2.24) is 0 Å². The van der Waals surface area contributed by atoms with E-state index in [1.54, 1.807) is 19.3 Å². The Hall–Kier alpha value is 0.350. The standard InChI is InChI=1S/C14H18S/c15-14-8-4-3-7(8)12(14)11-9-5-1-2-6(5)10(9)13(11)14/h5-13,15H,1-4H2. The first-order chi connectivity index (χ1) is 7.33. The highest BCUT2D eigenvalue weighted by molar-refractivity contribution is 7.82. The normalized spacial score (nSPS) is 84.2. The summed E-state index contributed by atoms with van der Waals surface area (Å²) in [7, 11) is 0. The maximum atomic E-state index is 5.16. The van der Waals surface area contributed by atoms with E-state index in [0.717, 1.165) is 23.7 Å². The molecule has 0 bridgehead atoms. The van der Waals surface area contributed by atoms with Gasteiger partial charge in [0.15, 0.2) is 0 Å². The molecule has 0 heterocycles. The summed E-state index contributed by atoms with van der Waals surface area (Å²) in [6, 6.07) is 0. The van der Waals surface area contributed by atoms with E-state index in [0.29, 0.717) is 4.75 Å². The van der Waals surface area contributed by atoms with Gasteiger partial charge in [-0.3, -0.25) is 0 Å². The molecule has 0 saturated heterocycles. The zero-order valence-electron chi connectivity index (χ0n) is 8.97. The third-order valence-corrected chi connectivity index (χ3v) is 8.88. The Kier molecular flexibility index (Phi) is 0.933. The Labute approximate surface area is 96.6 Å². The molecule has 0 spiro atoms. The summed E-state index contributed by atoms with van der Waals surface area (Å²) in [5, 5.41) is 0. The predicted molar refractivity (Wildman–Crippen MR) is 61.6 cm³/mol. The van der Waals surface area contributed by atoms with Gasteiger partial charge in [0, 0.05) is 4.75 Å². The molecule has 0 aliphatic heterocycles. The van der Waals surface area contributed by atoms with Crippen LogP contribution in [0.25, 0.3) is 0 Å². The lowest BCUT2D eigenvalue weighted by Gasteiger charge is -2.91. The van der Waals surface area contributed by atoms with Gasteiger partial charge in [-0.2, -0.15) is 12.6 Å². The molecule has 10 atom stereocenters. The fourth-order valence-electron chi connectivity index (χ4n) is 7.36. The van der Waals surface area contributed by atoms with Gasteiger partial charge in [-0.1, -0.05) is 0 Å². The largest absolute Gasteiger partial charge is 0.172 e. The smallest absolute Gasteiger partial charge is 0.0228 e. The van der Waals surface area contributed by atoms with Gasteiger partial charge < -0.3 is 0 Å². The molecule has 0 amide bonds. The minimum atomic E-state index is 0.593. The average molecular weight is 218 g/mol. The summed E-state index contributed by atoms with van der Waals surface area (Å²) in [6.45, 7) is 0. The van der Waals surface area contributed by atoms with Gasteiger partial charge in [0.2, 0.25) is 0 Å². The van der Waals surface area contributed by atoms with Crippen molar-refractivity contribution in [2.24, 2.45) is 53.3 Å². The summed E-state index contributed by atoms with van der Waals surface area (Å²) < 4.78 is 0.593. The van der Waals surface area contributed by atoms with Crippen LogP contribution in [-0.4, -0.2) is 4.75 Å². The van der Waals surface area contributed by atoms with E-state index in [1.165, 1.54) is 36.0 Å². The van der Waals surface area contributed by atoms with E-state index < -0.39 is 0 Å². The second-order valence-electron chi connectivity index (χ2n) is 7.42. The van der Waals surface area contributed by atoms with Crippen molar-refractivity contribution in [1.29, 1.82) is 0 Å². The molecular formula is C14H18S. The molecule has 6 aliphatic carbocycles. The lowest BCUT2D eigenvalue weighted by molar-refractivity contribution is -0.391. The summed E-state index contributed by atoms with van der Waals surface area (Å²) in [4.78, 5) is 0. The van der Waals surface area contributed by atoms with Crippen LogP contribution in [0.5, 0.6) is 0 Å². The molecule has 0 nitrogen and oxygen atoms in total. The molecule has 6 fully saturated rings. The first kappa shape index (κ1) is 7.63. The third-order valence-electron chi connectivity index (χ3n) is 7.96.